The molecule has 0 spiro atoms. The molecule has 0 radical (unpaired) electrons. The van der Waals surface area contributed by atoms with Gasteiger partial charge in [0, 0.05) is 6.61 Å². The molecular formula is C9H15IN2OS. The van der Waals surface area contributed by atoms with Crippen LogP contribution in [-0.4, -0.2) is 13.2 Å². The van der Waals surface area contributed by atoms with E-state index in [1.54, 1.807) is 11.3 Å². The Bertz CT molecular complexity index is 267. The third-order valence-corrected chi connectivity index (χ3v) is 3.63. The van der Waals surface area contributed by atoms with Crippen molar-refractivity contribution in [2.75, 3.05) is 13.2 Å². The van der Waals surface area contributed by atoms with E-state index in [-0.39, 0.29) is 6.04 Å². The first-order chi connectivity index (χ1) is 6.77. The minimum atomic E-state index is 0.112. The van der Waals surface area contributed by atoms with Crippen molar-refractivity contribution in [3.63, 3.8) is 0 Å². The SMILES string of the molecule is CCCOCC(NN)c1csc(I)c1. The maximum absolute atomic E-state index is 5.47. The topological polar surface area (TPSA) is 47.3 Å². The van der Waals surface area contributed by atoms with Crippen LogP contribution in [0.5, 0.6) is 0 Å². The average molecular weight is 326 g/mol. The fourth-order valence-electron chi connectivity index (χ4n) is 1.09. The Balaban J connectivity index is 2.45. The lowest BCUT2D eigenvalue weighted by Gasteiger charge is -2.14. The molecule has 3 nitrogen and oxygen atoms in total. The first kappa shape index (κ1) is 12.4. The highest BCUT2D eigenvalue weighted by atomic mass is 127. The van der Waals surface area contributed by atoms with E-state index in [4.69, 9.17) is 10.6 Å². The van der Waals surface area contributed by atoms with Gasteiger partial charge in [0.25, 0.3) is 0 Å². The Hall–Kier alpha value is 0.310. The van der Waals surface area contributed by atoms with Crippen LogP contribution in [0.2, 0.25) is 0 Å². The van der Waals surface area contributed by atoms with E-state index in [2.05, 4.69) is 46.4 Å². The predicted octanol–water partition coefficient (Wildman–Crippen LogP) is 2.28. The van der Waals surface area contributed by atoms with Gasteiger partial charge in [-0.3, -0.25) is 11.3 Å². The molecule has 0 saturated carbocycles. The molecule has 0 aliphatic heterocycles. The van der Waals surface area contributed by atoms with Crippen molar-refractivity contribution in [3.05, 3.63) is 19.9 Å². The molecule has 14 heavy (non-hydrogen) atoms. The van der Waals surface area contributed by atoms with Crippen LogP contribution in [0.4, 0.5) is 0 Å². The fourth-order valence-corrected chi connectivity index (χ4v) is 2.52. The van der Waals surface area contributed by atoms with Gasteiger partial charge in [0.1, 0.15) is 0 Å². The summed E-state index contributed by atoms with van der Waals surface area (Å²) in [4.78, 5) is 0. The molecule has 0 aliphatic rings. The molecule has 0 fully saturated rings. The standard InChI is InChI=1S/C9H15IN2OS/c1-2-3-13-5-8(12-11)7-4-9(10)14-6-7/h4,6,8,12H,2-3,5,11H2,1H3. The summed E-state index contributed by atoms with van der Waals surface area (Å²) in [6.45, 7) is 3.52. The number of halogens is 1. The Kier molecular flexibility index (Phi) is 5.95. The van der Waals surface area contributed by atoms with Gasteiger partial charge in [-0.25, -0.2) is 0 Å². The highest BCUT2D eigenvalue weighted by Crippen LogP contribution is 2.22. The summed E-state index contributed by atoms with van der Waals surface area (Å²) < 4.78 is 6.73. The molecular weight excluding hydrogens is 311 g/mol. The lowest BCUT2D eigenvalue weighted by atomic mass is 10.2. The molecule has 1 unspecified atom stereocenters. The second kappa shape index (κ2) is 6.73. The van der Waals surface area contributed by atoms with Gasteiger partial charge in [-0.2, -0.15) is 0 Å². The van der Waals surface area contributed by atoms with E-state index in [1.165, 1.54) is 8.45 Å². The van der Waals surface area contributed by atoms with Crippen molar-refractivity contribution in [3.8, 4) is 0 Å². The maximum atomic E-state index is 5.47. The van der Waals surface area contributed by atoms with Gasteiger partial charge in [-0.05, 0) is 46.0 Å². The molecule has 0 amide bonds. The minimum absolute atomic E-state index is 0.112. The molecule has 80 valence electrons. The van der Waals surface area contributed by atoms with Crippen LogP contribution < -0.4 is 11.3 Å². The van der Waals surface area contributed by atoms with E-state index in [0.29, 0.717) is 6.61 Å². The zero-order valence-corrected chi connectivity index (χ0v) is 11.1. The van der Waals surface area contributed by atoms with Crippen molar-refractivity contribution in [1.29, 1.82) is 0 Å². The minimum Gasteiger partial charge on any atom is -0.379 e. The van der Waals surface area contributed by atoms with Gasteiger partial charge in [0.2, 0.25) is 0 Å². The average Bonchev–Trinajstić information content (AvgIpc) is 2.60. The second-order valence-electron chi connectivity index (χ2n) is 2.98. The fraction of sp³-hybridized carbons (Fsp3) is 0.556. The third kappa shape index (κ3) is 3.82. The molecule has 0 saturated heterocycles. The number of nitrogens with one attached hydrogen (secondary N) is 1. The van der Waals surface area contributed by atoms with Gasteiger partial charge >= 0.3 is 0 Å². The monoisotopic (exact) mass is 326 g/mol. The summed E-state index contributed by atoms with van der Waals surface area (Å²) in [6, 6.07) is 2.24. The van der Waals surface area contributed by atoms with Crippen molar-refractivity contribution < 1.29 is 4.74 Å². The summed E-state index contributed by atoms with van der Waals surface area (Å²) in [5, 5.41) is 2.11. The zero-order chi connectivity index (χ0) is 10.4. The zero-order valence-electron chi connectivity index (χ0n) is 8.13. The molecule has 1 heterocycles. The van der Waals surface area contributed by atoms with Crippen molar-refractivity contribution in [2.24, 2.45) is 5.84 Å². The van der Waals surface area contributed by atoms with Gasteiger partial charge in [-0.15, -0.1) is 11.3 Å². The Morgan fingerprint density at radius 1 is 1.71 bits per heavy atom. The van der Waals surface area contributed by atoms with Crippen molar-refractivity contribution in [1.82, 2.24) is 5.43 Å². The Morgan fingerprint density at radius 2 is 2.50 bits per heavy atom. The van der Waals surface area contributed by atoms with Crippen LogP contribution in [0, 0.1) is 2.88 Å². The first-order valence-electron chi connectivity index (χ1n) is 4.55. The molecule has 0 aromatic carbocycles. The molecule has 3 N–H and O–H groups in total. The molecule has 1 rings (SSSR count). The number of hydrogen-bond donors (Lipinski definition) is 2. The Labute approximate surface area is 102 Å². The van der Waals surface area contributed by atoms with Crippen LogP contribution in [0.1, 0.15) is 24.9 Å². The summed E-state index contributed by atoms with van der Waals surface area (Å²) in [5.41, 5.74) is 3.98. The van der Waals surface area contributed by atoms with Gasteiger partial charge in [-0.1, -0.05) is 6.92 Å². The number of ether oxygens (including phenoxy) is 1. The molecule has 0 aliphatic carbocycles. The molecule has 1 aromatic rings. The van der Waals surface area contributed by atoms with Crippen molar-refractivity contribution in [2.45, 2.75) is 19.4 Å². The summed E-state index contributed by atoms with van der Waals surface area (Å²) in [6.07, 6.45) is 1.04. The quantitative estimate of drug-likeness (QED) is 0.365. The second-order valence-corrected chi connectivity index (χ2v) is 5.78. The largest absolute Gasteiger partial charge is 0.379 e. The molecule has 0 bridgehead atoms. The lowest BCUT2D eigenvalue weighted by molar-refractivity contribution is 0.112. The maximum Gasteiger partial charge on any atom is 0.0702 e. The van der Waals surface area contributed by atoms with E-state index < -0.39 is 0 Å². The highest BCUT2D eigenvalue weighted by Gasteiger charge is 2.10. The van der Waals surface area contributed by atoms with Crippen LogP contribution >= 0.6 is 33.9 Å². The summed E-state index contributed by atoms with van der Waals surface area (Å²) >= 11 is 4.03. The van der Waals surface area contributed by atoms with E-state index >= 15 is 0 Å². The number of hydrazine groups is 1. The highest BCUT2D eigenvalue weighted by molar-refractivity contribution is 14.1. The van der Waals surface area contributed by atoms with E-state index in [0.717, 1.165) is 13.0 Å². The lowest BCUT2D eigenvalue weighted by Crippen LogP contribution is -2.31. The normalized spacial score (nSPS) is 13.1. The van der Waals surface area contributed by atoms with E-state index in [1.807, 2.05) is 0 Å². The molecule has 1 aromatic heterocycles. The predicted molar refractivity (Wildman–Crippen MR) is 68.2 cm³/mol. The molecule has 1 atom stereocenters. The third-order valence-electron chi connectivity index (χ3n) is 1.82. The number of nitrogens with two attached hydrogens (primary N) is 1. The molecule has 5 heteroatoms. The van der Waals surface area contributed by atoms with Crippen LogP contribution in [-0.2, 0) is 4.74 Å². The number of thiophene rings is 1. The summed E-state index contributed by atoms with van der Waals surface area (Å²) in [7, 11) is 0. The van der Waals surface area contributed by atoms with Crippen LogP contribution in [0.3, 0.4) is 0 Å². The van der Waals surface area contributed by atoms with Crippen LogP contribution in [0.25, 0.3) is 0 Å². The summed E-state index contributed by atoms with van der Waals surface area (Å²) in [5.74, 6) is 5.47. The Morgan fingerprint density at radius 3 is 3.00 bits per heavy atom. The first-order valence-corrected chi connectivity index (χ1v) is 6.51. The van der Waals surface area contributed by atoms with Crippen LogP contribution in [0.15, 0.2) is 11.4 Å². The van der Waals surface area contributed by atoms with Gasteiger partial charge in [0.05, 0.1) is 15.5 Å². The number of rotatable bonds is 6. The van der Waals surface area contributed by atoms with Crippen molar-refractivity contribution >= 4 is 33.9 Å². The van der Waals surface area contributed by atoms with Gasteiger partial charge < -0.3 is 4.74 Å². The van der Waals surface area contributed by atoms with Gasteiger partial charge in [0.15, 0.2) is 0 Å². The smallest absolute Gasteiger partial charge is 0.0702 e. The van der Waals surface area contributed by atoms with E-state index in [9.17, 15) is 0 Å². The number of hydrogen-bond acceptors (Lipinski definition) is 4.